The average molecular weight is 341 g/mol. The number of hydrogen-bond acceptors (Lipinski definition) is 4. The lowest BCUT2D eigenvalue weighted by molar-refractivity contribution is -0.125. The lowest BCUT2D eigenvalue weighted by atomic mass is 10.1. The van der Waals surface area contributed by atoms with Crippen molar-refractivity contribution >= 4 is 11.8 Å². The number of nitrogens with zero attached hydrogens (tertiary/aromatic N) is 1. The van der Waals surface area contributed by atoms with Gasteiger partial charge in [0.15, 0.2) is 0 Å². The van der Waals surface area contributed by atoms with E-state index in [1.54, 1.807) is 6.26 Å². The smallest absolute Gasteiger partial charge is 0.242 e. The third kappa shape index (κ3) is 4.70. The third-order valence-electron chi connectivity index (χ3n) is 4.33. The van der Waals surface area contributed by atoms with Gasteiger partial charge < -0.3 is 15.1 Å². The molecule has 1 aromatic heterocycles. The van der Waals surface area contributed by atoms with Crippen molar-refractivity contribution in [3.63, 3.8) is 0 Å². The van der Waals surface area contributed by atoms with Crippen LogP contribution in [0.5, 0.6) is 0 Å². The fourth-order valence-electron chi connectivity index (χ4n) is 3.02. The maximum Gasteiger partial charge on any atom is 0.242 e. The second kappa shape index (κ2) is 7.98. The van der Waals surface area contributed by atoms with Crippen LogP contribution in [0.2, 0.25) is 0 Å². The summed E-state index contributed by atoms with van der Waals surface area (Å²) in [6.45, 7) is 1.94. The van der Waals surface area contributed by atoms with Gasteiger partial charge in [0.25, 0.3) is 0 Å². The molecule has 1 aromatic carbocycles. The Morgan fingerprint density at radius 1 is 1.24 bits per heavy atom. The molecule has 3 rings (SSSR count). The van der Waals surface area contributed by atoms with Crippen molar-refractivity contribution in [1.29, 1.82) is 0 Å². The van der Waals surface area contributed by atoms with Crippen molar-refractivity contribution in [3.05, 3.63) is 59.5 Å². The van der Waals surface area contributed by atoms with Crippen molar-refractivity contribution in [2.45, 2.75) is 38.5 Å². The van der Waals surface area contributed by atoms with Crippen LogP contribution in [0.1, 0.15) is 29.7 Å². The summed E-state index contributed by atoms with van der Waals surface area (Å²) < 4.78 is 5.38. The van der Waals surface area contributed by atoms with E-state index in [0.29, 0.717) is 19.4 Å². The zero-order chi connectivity index (χ0) is 17.6. The van der Waals surface area contributed by atoms with Gasteiger partial charge in [-0.25, -0.2) is 0 Å². The van der Waals surface area contributed by atoms with Crippen molar-refractivity contribution in [2.24, 2.45) is 0 Å². The van der Waals surface area contributed by atoms with Crippen LogP contribution in [-0.2, 0) is 29.2 Å². The summed E-state index contributed by atoms with van der Waals surface area (Å²) in [5.41, 5.74) is 2.23. The fraction of sp³-hybridized carbons (Fsp3) is 0.368. The Bertz CT molecular complexity index is 727. The highest BCUT2D eigenvalue weighted by Crippen LogP contribution is 2.14. The zero-order valence-corrected chi connectivity index (χ0v) is 14.3. The van der Waals surface area contributed by atoms with Crippen molar-refractivity contribution in [1.82, 2.24) is 15.5 Å². The minimum Gasteiger partial charge on any atom is -0.468 e. The van der Waals surface area contributed by atoms with Gasteiger partial charge in [-0.05, 0) is 36.7 Å². The Kier molecular flexibility index (Phi) is 5.50. The molecule has 1 aliphatic rings. The number of benzene rings is 1. The number of amides is 2. The first-order valence-corrected chi connectivity index (χ1v) is 8.46. The first-order chi connectivity index (χ1) is 12.1. The summed E-state index contributed by atoms with van der Waals surface area (Å²) >= 11 is 0. The molecule has 6 heteroatoms. The number of furan rings is 1. The van der Waals surface area contributed by atoms with Crippen molar-refractivity contribution in [2.75, 3.05) is 7.05 Å². The number of hydrogen-bond donors (Lipinski definition) is 2. The standard InChI is InChI=1S/C19H23N3O3/c1-22(13-16-7-4-10-25-16)12-15-6-3-2-5-14(15)11-20-19(24)17-8-9-18(23)21-17/h2-7,10,17H,8-9,11-13H2,1H3,(H,20,24)(H,21,23)/t17-/m0/s1. The van der Waals surface area contributed by atoms with Crippen LogP contribution in [0.4, 0.5) is 0 Å². The van der Waals surface area contributed by atoms with Gasteiger partial charge >= 0.3 is 0 Å². The van der Waals surface area contributed by atoms with E-state index >= 15 is 0 Å². The molecule has 132 valence electrons. The Balaban J connectivity index is 1.56. The van der Waals surface area contributed by atoms with Gasteiger partial charge in [0, 0.05) is 19.5 Å². The van der Waals surface area contributed by atoms with Crippen LogP contribution in [-0.4, -0.2) is 29.8 Å². The molecule has 0 saturated carbocycles. The van der Waals surface area contributed by atoms with E-state index < -0.39 is 6.04 Å². The summed E-state index contributed by atoms with van der Waals surface area (Å²) in [4.78, 5) is 25.6. The lowest BCUT2D eigenvalue weighted by Crippen LogP contribution is -2.41. The highest BCUT2D eigenvalue weighted by atomic mass is 16.3. The predicted octanol–water partition coefficient (Wildman–Crippen LogP) is 1.81. The first kappa shape index (κ1) is 17.2. The van der Waals surface area contributed by atoms with Crippen LogP contribution >= 0.6 is 0 Å². The van der Waals surface area contributed by atoms with Crippen LogP contribution in [0.3, 0.4) is 0 Å². The van der Waals surface area contributed by atoms with Crippen LogP contribution in [0, 0.1) is 0 Å². The molecule has 0 unspecified atom stereocenters. The molecular formula is C19H23N3O3. The van der Waals surface area contributed by atoms with E-state index in [0.717, 1.165) is 30.0 Å². The minimum absolute atomic E-state index is 0.0555. The monoisotopic (exact) mass is 341 g/mol. The van der Waals surface area contributed by atoms with E-state index in [1.807, 2.05) is 37.4 Å². The topological polar surface area (TPSA) is 74.6 Å². The Morgan fingerprint density at radius 2 is 2.04 bits per heavy atom. The van der Waals surface area contributed by atoms with Gasteiger partial charge in [-0.2, -0.15) is 0 Å². The molecule has 0 spiro atoms. The number of nitrogens with one attached hydrogen (secondary N) is 2. The van der Waals surface area contributed by atoms with E-state index in [9.17, 15) is 9.59 Å². The van der Waals surface area contributed by atoms with Gasteiger partial charge in [0.05, 0.1) is 12.8 Å². The quantitative estimate of drug-likeness (QED) is 0.805. The fourth-order valence-corrected chi connectivity index (χ4v) is 3.02. The molecule has 1 fully saturated rings. The van der Waals surface area contributed by atoms with E-state index in [1.165, 1.54) is 0 Å². The summed E-state index contributed by atoms with van der Waals surface area (Å²) in [5, 5.41) is 5.62. The maximum atomic E-state index is 12.2. The molecule has 0 radical (unpaired) electrons. The van der Waals surface area contributed by atoms with E-state index in [2.05, 4.69) is 21.6 Å². The number of carbonyl (C=O) groups excluding carboxylic acids is 2. The Morgan fingerprint density at radius 3 is 2.72 bits per heavy atom. The Labute approximate surface area is 147 Å². The molecule has 2 heterocycles. The van der Waals surface area contributed by atoms with Gasteiger partial charge in [-0.15, -0.1) is 0 Å². The molecule has 6 nitrogen and oxygen atoms in total. The second-order valence-electron chi connectivity index (χ2n) is 6.40. The molecule has 1 saturated heterocycles. The molecule has 25 heavy (non-hydrogen) atoms. The van der Waals surface area contributed by atoms with Crippen LogP contribution in [0.15, 0.2) is 47.1 Å². The van der Waals surface area contributed by atoms with Gasteiger partial charge in [-0.1, -0.05) is 24.3 Å². The van der Waals surface area contributed by atoms with E-state index in [4.69, 9.17) is 4.42 Å². The molecule has 1 aliphatic heterocycles. The molecule has 2 N–H and O–H groups in total. The lowest BCUT2D eigenvalue weighted by Gasteiger charge is -2.18. The molecular weight excluding hydrogens is 318 g/mol. The van der Waals surface area contributed by atoms with Gasteiger partial charge in [0.1, 0.15) is 11.8 Å². The molecule has 2 aromatic rings. The summed E-state index contributed by atoms with van der Waals surface area (Å²) in [7, 11) is 2.03. The summed E-state index contributed by atoms with van der Waals surface area (Å²) in [6, 6.07) is 11.5. The van der Waals surface area contributed by atoms with Crippen LogP contribution in [0.25, 0.3) is 0 Å². The number of carbonyl (C=O) groups is 2. The SMILES string of the molecule is CN(Cc1ccco1)Cc1ccccc1CNC(=O)[C@@H]1CCC(=O)N1. The molecule has 0 aliphatic carbocycles. The summed E-state index contributed by atoms with van der Waals surface area (Å²) in [5.74, 6) is 0.745. The molecule has 1 atom stereocenters. The normalized spacial score (nSPS) is 16.9. The number of rotatable bonds is 7. The minimum atomic E-state index is -0.402. The van der Waals surface area contributed by atoms with Gasteiger partial charge in [0.2, 0.25) is 11.8 Å². The maximum absolute atomic E-state index is 12.2. The van der Waals surface area contributed by atoms with Crippen molar-refractivity contribution < 1.29 is 14.0 Å². The average Bonchev–Trinajstić information content (AvgIpc) is 3.25. The first-order valence-electron chi connectivity index (χ1n) is 8.46. The van der Waals surface area contributed by atoms with E-state index in [-0.39, 0.29) is 11.8 Å². The highest BCUT2D eigenvalue weighted by Gasteiger charge is 2.26. The second-order valence-corrected chi connectivity index (χ2v) is 6.40. The predicted molar refractivity (Wildman–Crippen MR) is 93.3 cm³/mol. The highest BCUT2D eigenvalue weighted by molar-refractivity contribution is 5.90. The zero-order valence-electron chi connectivity index (χ0n) is 14.3. The summed E-state index contributed by atoms with van der Waals surface area (Å²) in [6.07, 6.45) is 2.67. The largest absolute Gasteiger partial charge is 0.468 e. The van der Waals surface area contributed by atoms with Gasteiger partial charge in [-0.3, -0.25) is 14.5 Å². The van der Waals surface area contributed by atoms with Crippen molar-refractivity contribution in [3.8, 4) is 0 Å². The van der Waals surface area contributed by atoms with Crippen LogP contribution < -0.4 is 10.6 Å². The third-order valence-corrected chi connectivity index (χ3v) is 4.33. The Hall–Kier alpha value is -2.60. The molecule has 0 bridgehead atoms. The molecule has 2 amide bonds.